The average Bonchev–Trinajstić information content (AvgIpc) is 3.64. The first-order valence-corrected chi connectivity index (χ1v) is 12.2. The number of aliphatic imine (C=N–C) groups is 1. The van der Waals surface area contributed by atoms with Crippen LogP contribution in [0.1, 0.15) is 35.3 Å². The number of hydrogen-bond acceptors (Lipinski definition) is 7. The molecule has 2 atom stereocenters. The van der Waals surface area contributed by atoms with E-state index in [1.54, 1.807) is 18.1 Å². The van der Waals surface area contributed by atoms with Gasteiger partial charge in [0.05, 0.1) is 12.2 Å². The van der Waals surface area contributed by atoms with Crippen LogP contribution in [0.4, 0.5) is 18.0 Å². The number of fused-ring (bicyclic) bond motifs is 1. The van der Waals surface area contributed by atoms with Crippen LogP contribution in [0.5, 0.6) is 0 Å². The van der Waals surface area contributed by atoms with E-state index in [1.807, 2.05) is 10.3 Å². The molecular formula is C23H18ClF3N6O2S. The van der Waals surface area contributed by atoms with E-state index in [1.165, 1.54) is 41.8 Å². The van der Waals surface area contributed by atoms with Crippen LogP contribution in [0.15, 0.2) is 52.7 Å². The smallest absolute Gasteiger partial charge is 0.410 e. The summed E-state index contributed by atoms with van der Waals surface area (Å²) in [6.07, 6.45) is 2.78. The van der Waals surface area contributed by atoms with E-state index >= 15 is 0 Å². The fourth-order valence-corrected chi connectivity index (χ4v) is 5.86. The van der Waals surface area contributed by atoms with Crippen molar-refractivity contribution in [1.82, 2.24) is 24.6 Å². The summed E-state index contributed by atoms with van der Waals surface area (Å²) in [7, 11) is 1.67. The van der Waals surface area contributed by atoms with Gasteiger partial charge in [0.1, 0.15) is 24.0 Å². The quantitative estimate of drug-likeness (QED) is 0.472. The number of likely N-dealkylation sites (N-methyl/N-ethyl adjacent to an activating group) is 1. The molecule has 186 valence electrons. The molecule has 2 aromatic heterocycles. The average molecular weight is 535 g/mol. The predicted molar refractivity (Wildman–Crippen MR) is 126 cm³/mol. The monoisotopic (exact) mass is 534 g/mol. The molecule has 13 heteroatoms. The van der Waals surface area contributed by atoms with Gasteiger partial charge in [-0.25, -0.2) is 18.9 Å². The van der Waals surface area contributed by atoms with Crippen LogP contribution in [-0.4, -0.2) is 62.2 Å². The van der Waals surface area contributed by atoms with Crippen molar-refractivity contribution < 1.29 is 22.7 Å². The Balaban J connectivity index is 1.59. The van der Waals surface area contributed by atoms with E-state index in [-0.39, 0.29) is 17.3 Å². The first-order chi connectivity index (χ1) is 17.3. The maximum absolute atomic E-state index is 13.9. The standard InChI is InChI=1S/C23H18ClF3N6O2S/c1-31-22(34)35-11-23(31)9-16-17(15-4-6-33(30-15)21(26)27)18(13-3-2-12(25)8-14(13)24)29-19(32(16)10-23)20-28-5-7-36-20/h2-8,18,21H,9-11H2,1H3/t18-,23-/m0/s1. The highest BCUT2D eigenvalue weighted by molar-refractivity contribution is 7.11. The van der Waals surface area contributed by atoms with E-state index < -0.39 is 30.0 Å². The SMILES string of the molecule is CN1C(=O)OC[C@@]12CC1=C(c3ccn(C(F)F)n3)[C@H](c3ccc(F)cc3Cl)N=C(c3nccs3)N1C2. The summed E-state index contributed by atoms with van der Waals surface area (Å²) in [5, 5.41) is 6.73. The van der Waals surface area contributed by atoms with Crippen LogP contribution in [-0.2, 0) is 4.74 Å². The number of halogens is 4. The molecule has 0 N–H and O–H groups in total. The number of aromatic nitrogens is 3. The third-order valence-corrected chi connectivity index (χ3v) is 7.88. The van der Waals surface area contributed by atoms with Gasteiger partial charge in [-0.05, 0) is 18.2 Å². The topological polar surface area (TPSA) is 75.8 Å². The van der Waals surface area contributed by atoms with Gasteiger partial charge in [-0.2, -0.15) is 13.9 Å². The zero-order valence-electron chi connectivity index (χ0n) is 18.7. The lowest BCUT2D eigenvalue weighted by atomic mass is 9.90. The zero-order chi connectivity index (χ0) is 25.2. The van der Waals surface area contributed by atoms with Crippen molar-refractivity contribution in [2.75, 3.05) is 20.2 Å². The molecule has 0 unspecified atom stereocenters. The maximum atomic E-state index is 13.9. The largest absolute Gasteiger partial charge is 0.447 e. The molecule has 3 aliphatic heterocycles. The van der Waals surface area contributed by atoms with Crippen LogP contribution < -0.4 is 0 Å². The Labute approximate surface area is 212 Å². The Morgan fingerprint density at radius 2 is 2.14 bits per heavy atom. The number of nitrogens with zero attached hydrogens (tertiary/aromatic N) is 6. The van der Waals surface area contributed by atoms with Crippen LogP contribution in [0.3, 0.4) is 0 Å². The lowest BCUT2D eigenvalue weighted by Gasteiger charge is -2.32. The molecule has 8 nitrogen and oxygen atoms in total. The van der Waals surface area contributed by atoms with E-state index in [4.69, 9.17) is 21.3 Å². The third kappa shape index (κ3) is 3.50. The van der Waals surface area contributed by atoms with Gasteiger partial charge in [0.2, 0.25) is 0 Å². The minimum Gasteiger partial charge on any atom is -0.447 e. The fraction of sp³-hybridized carbons (Fsp3) is 0.304. The minimum atomic E-state index is -2.83. The second kappa shape index (κ2) is 8.34. The predicted octanol–water partition coefficient (Wildman–Crippen LogP) is 4.97. The van der Waals surface area contributed by atoms with Gasteiger partial charge in [0.15, 0.2) is 10.8 Å². The zero-order valence-corrected chi connectivity index (χ0v) is 20.3. The minimum absolute atomic E-state index is 0.145. The van der Waals surface area contributed by atoms with Crippen molar-refractivity contribution in [2.45, 2.75) is 24.6 Å². The van der Waals surface area contributed by atoms with Crippen LogP contribution in [0.2, 0.25) is 5.02 Å². The molecule has 1 aromatic carbocycles. The van der Waals surface area contributed by atoms with Crippen molar-refractivity contribution in [3.63, 3.8) is 0 Å². The number of carbonyl (C=O) groups excluding carboxylic acids is 1. The molecule has 3 aromatic rings. The van der Waals surface area contributed by atoms with Gasteiger partial charge in [0, 0.05) is 53.1 Å². The summed E-state index contributed by atoms with van der Waals surface area (Å²) in [5.74, 6) is 0.0385. The lowest BCUT2D eigenvalue weighted by molar-refractivity contribution is 0.0564. The Hall–Kier alpha value is -3.38. The molecule has 36 heavy (non-hydrogen) atoms. The number of hydrogen-bond donors (Lipinski definition) is 0. The van der Waals surface area contributed by atoms with Gasteiger partial charge in [-0.3, -0.25) is 9.89 Å². The number of carbonyl (C=O) groups is 1. The highest BCUT2D eigenvalue weighted by Crippen LogP contribution is 2.50. The summed E-state index contributed by atoms with van der Waals surface area (Å²) >= 11 is 7.86. The molecule has 0 aliphatic carbocycles. The Morgan fingerprint density at radius 3 is 2.78 bits per heavy atom. The molecule has 6 rings (SSSR count). The number of thiazole rings is 1. The molecule has 1 spiro atoms. The Morgan fingerprint density at radius 1 is 1.31 bits per heavy atom. The lowest BCUT2D eigenvalue weighted by Crippen LogP contribution is -2.47. The van der Waals surface area contributed by atoms with Gasteiger partial charge >= 0.3 is 12.6 Å². The van der Waals surface area contributed by atoms with E-state index in [0.29, 0.717) is 39.6 Å². The molecule has 5 heterocycles. The summed E-state index contributed by atoms with van der Waals surface area (Å²) in [4.78, 5) is 25.3. The molecule has 0 saturated carbocycles. The van der Waals surface area contributed by atoms with Crippen molar-refractivity contribution in [3.8, 4) is 0 Å². The first kappa shape index (κ1) is 23.0. The highest BCUT2D eigenvalue weighted by atomic mass is 35.5. The van der Waals surface area contributed by atoms with Crippen molar-refractivity contribution in [2.24, 2.45) is 4.99 Å². The van der Waals surface area contributed by atoms with E-state index in [0.717, 1.165) is 5.70 Å². The van der Waals surface area contributed by atoms with Crippen molar-refractivity contribution in [3.05, 3.63) is 74.8 Å². The normalized spacial score (nSPS) is 23.7. The molecule has 0 radical (unpaired) electrons. The highest BCUT2D eigenvalue weighted by Gasteiger charge is 2.55. The van der Waals surface area contributed by atoms with E-state index in [2.05, 4.69) is 10.1 Å². The fourth-order valence-electron chi connectivity index (χ4n) is 4.95. The summed E-state index contributed by atoms with van der Waals surface area (Å²) in [6, 6.07) is 4.72. The first-order valence-electron chi connectivity index (χ1n) is 10.9. The van der Waals surface area contributed by atoms with Crippen LogP contribution >= 0.6 is 22.9 Å². The molecule has 2 saturated heterocycles. The second-order valence-electron chi connectivity index (χ2n) is 8.78. The number of rotatable bonds is 4. The van der Waals surface area contributed by atoms with Gasteiger partial charge < -0.3 is 9.64 Å². The second-order valence-corrected chi connectivity index (χ2v) is 10.1. The number of amidine groups is 1. The summed E-state index contributed by atoms with van der Waals surface area (Å²) in [5.41, 5.74) is 1.38. The van der Waals surface area contributed by atoms with Crippen molar-refractivity contribution in [1.29, 1.82) is 0 Å². The number of ether oxygens (including phenoxy) is 1. The molecule has 3 aliphatic rings. The Kier molecular flexibility index (Phi) is 5.34. The summed E-state index contributed by atoms with van der Waals surface area (Å²) < 4.78 is 46.7. The van der Waals surface area contributed by atoms with Gasteiger partial charge in [-0.1, -0.05) is 17.7 Å². The molecule has 0 bridgehead atoms. The molecular weight excluding hydrogens is 517 g/mol. The van der Waals surface area contributed by atoms with Crippen LogP contribution in [0, 0.1) is 5.82 Å². The number of cyclic esters (lactones) is 1. The maximum Gasteiger partial charge on any atom is 0.410 e. The van der Waals surface area contributed by atoms with Gasteiger partial charge in [0.25, 0.3) is 0 Å². The van der Waals surface area contributed by atoms with E-state index in [9.17, 15) is 18.0 Å². The van der Waals surface area contributed by atoms with Crippen molar-refractivity contribution >= 4 is 40.4 Å². The number of benzene rings is 1. The number of alkyl halides is 2. The van der Waals surface area contributed by atoms with Gasteiger partial charge in [-0.15, -0.1) is 11.3 Å². The number of amides is 1. The molecule has 1 amide bonds. The van der Waals surface area contributed by atoms with Crippen LogP contribution in [0.25, 0.3) is 5.57 Å². The third-order valence-electron chi connectivity index (χ3n) is 6.78. The Bertz CT molecular complexity index is 1420. The molecule has 2 fully saturated rings. The summed E-state index contributed by atoms with van der Waals surface area (Å²) in [6.45, 7) is -2.30.